The molecule has 1 aromatic rings. The molecular formula is C15H27N3. The highest BCUT2D eigenvalue weighted by atomic mass is 15.3. The van der Waals surface area contributed by atoms with Crippen molar-refractivity contribution in [3.05, 3.63) is 17.5 Å². The molecule has 1 saturated carbocycles. The molecule has 1 unspecified atom stereocenters. The first-order valence-electron chi connectivity index (χ1n) is 6.94. The van der Waals surface area contributed by atoms with Gasteiger partial charge in [0.05, 0.1) is 5.69 Å². The number of aryl methyl sites for hydroxylation is 1. The number of aromatic nitrogens is 2. The predicted molar refractivity (Wildman–Crippen MR) is 75.5 cm³/mol. The molecule has 0 aliphatic heterocycles. The number of nitrogens with zero attached hydrogens (tertiary/aromatic N) is 2. The fourth-order valence-electron chi connectivity index (χ4n) is 2.60. The molecule has 1 aliphatic carbocycles. The molecular weight excluding hydrogens is 222 g/mol. The van der Waals surface area contributed by atoms with Crippen molar-refractivity contribution in [3.8, 4) is 0 Å². The number of rotatable bonds is 4. The Hall–Kier alpha value is -0.830. The topological polar surface area (TPSA) is 29.9 Å². The lowest BCUT2D eigenvalue weighted by Crippen LogP contribution is -2.21. The lowest BCUT2D eigenvalue weighted by atomic mass is 9.89. The molecule has 1 atom stereocenters. The molecule has 1 aromatic heterocycles. The van der Waals surface area contributed by atoms with Crippen molar-refractivity contribution in [1.82, 2.24) is 15.1 Å². The quantitative estimate of drug-likeness (QED) is 0.889. The molecule has 2 rings (SSSR count). The monoisotopic (exact) mass is 249 g/mol. The average molecular weight is 249 g/mol. The average Bonchev–Trinajstić information content (AvgIpc) is 2.64. The van der Waals surface area contributed by atoms with Crippen LogP contribution >= 0.6 is 0 Å². The smallest absolute Gasteiger partial charge is 0.0722 e. The van der Waals surface area contributed by atoms with Gasteiger partial charge in [0.15, 0.2) is 0 Å². The maximum Gasteiger partial charge on any atom is 0.0722 e. The van der Waals surface area contributed by atoms with Gasteiger partial charge in [-0.15, -0.1) is 0 Å². The van der Waals surface area contributed by atoms with Gasteiger partial charge in [-0.25, -0.2) is 0 Å². The van der Waals surface area contributed by atoms with Gasteiger partial charge < -0.3 is 5.32 Å². The van der Waals surface area contributed by atoms with Crippen LogP contribution in [0.1, 0.15) is 52.3 Å². The number of nitrogens with one attached hydrogen (secondary N) is 1. The molecule has 0 spiro atoms. The zero-order valence-corrected chi connectivity index (χ0v) is 12.7. The summed E-state index contributed by atoms with van der Waals surface area (Å²) in [5.74, 6) is 0.854. The summed E-state index contributed by atoms with van der Waals surface area (Å²) in [6, 6.07) is 0. The zero-order chi connectivity index (χ0) is 13.6. The molecule has 0 amide bonds. The number of hydrogen-bond donors (Lipinski definition) is 1. The van der Waals surface area contributed by atoms with Crippen LogP contribution in [0, 0.1) is 11.3 Å². The predicted octanol–water partition coefficient (Wildman–Crippen LogP) is 2.85. The first kappa shape index (κ1) is 13.6. The molecule has 1 N–H and O–H groups in total. The lowest BCUT2D eigenvalue weighted by molar-refractivity contribution is 0.512. The van der Waals surface area contributed by atoms with Crippen LogP contribution in [0.3, 0.4) is 0 Å². The Bertz CT molecular complexity index is 423. The van der Waals surface area contributed by atoms with Crippen molar-refractivity contribution in [2.24, 2.45) is 18.4 Å². The van der Waals surface area contributed by atoms with Gasteiger partial charge in [-0.2, -0.15) is 5.10 Å². The van der Waals surface area contributed by atoms with E-state index in [2.05, 4.69) is 51.2 Å². The van der Waals surface area contributed by atoms with E-state index in [9.17, 15) is 0 Å². The second-order valence-electron chi connectivity index (χ2n) is 7.45. The molecule has 0 aromatic carbocycles. The summed E-state index contributed by atoms with van der Waals surface area (Å²) in [5, 5.41) is 8.19. The standard InChI is InChI=1S/C15H27N3/c1-14(2,3)13-11(10-18(6)17-13)8-16-9-12-7-15(12,4)5/h10,12,16H,7-9H2,1-6H3. The van der Waals surface area contributed by atoms with Crippen LogP contribution in [0.5, 0.6) is 0 Å². The zero-order valence-electron chi connectivity index (χ0n) is 12.7. The highest BCUT2D eigenvalue weighted by Gasteiger charge is 2.44. The van der Waals surface area contributed by atoms with E-state index < -0.39 is 0 Å². The fraction of sp³-hybridized carbons (Fsp3) is 0.800. The largest absolute Gasteiger partial charge is 0.312 e. The lowest BCUT2D eigenvalue weighted by Gasteiger charge is -2.17. The van der Waals surface area contributed by atoms with Crippen LogP contribution in [0.2, 0.25) is 0 Å². The van der Waals surface area contributed by atoms with Gasteiger partial charge in [-0.1, -0.05) is 34.6 Å². The third kappa shape index (κ3) is 2.94. The van der Waals surface area contributed by atoms with Gasteiger partial charge in [-0.3, -0.25) is 4.68 Å². The van der Waals surface area contributed by atoms with Gasteiger partial charge in [0.25, 0.3) is 0 Å². The van der Waals surface area contributed by atoms with Crippen LogP contribution in [0.4, 0.5) is 0 Å². The van der Waals surface area contributed by atoms with Gasteiger partial charge in [0.1, 0.15) is 0 Å². The summed E-state index contributed by atoms with van der Waals surface area (Å²) in [7, 11) is 2.00. The highest BCUT2D eigenvalue weighted by Crippen LogP contribution is 2.51. The van der Waals surface area contributed by atoms with E-state index in [0.717, 1.165) is 19.0 Å². The van der Waals surface area contributed by atoms with Crippen LogP contribution < -0.4 is 5.32 Å². The molecule has 1 heterocycles. The Balaban J connectivity index is 1.93. The van der Waals surface area contributed by atoms with Gasteiger partial charge in [0.2, 0.25) is 0 Å². The molecule has 3 nitrogen and oxygen atoms in total. The first-order chi connectivity index (χ1) is 8.20. The van der Waals surface area contributed by atoms with Crippen molar-refractivity contribution >= 4 is 0 Å². The molecule has 18 heavy (non-hydrogen) atoms. The molecule has 0 bridgehead atoms. The summed E-state index contributed by atoms with van der Waals surface area (Å²) in [5.41, 5.74) is 3.24. The SMILES string of the molecule is Cn1cc(CNCC2CC2(C)C)c(C(C)(C)C)n1. The fourth-order valence-corrected chi connectivity index (χ4v) is 2.60. The van der Waals surface area contributed by atoms with Crippen molar-refractivity contribution < 1.29 is 0 Å². The summed E-state index contributed by atoms with van der Waals surface area (Å²) >= 11 is 0. The minimum absolute atomic E-state index is 0.122. The normalized spacial score (nSPS) is 22.2. The first-order valence-corrected chi connectivity index (χ1v) is 6.94. The molecule has 1 fully saturated rings. The second-order valence-corrected chi connectivity index (χ2v) is 7.45. The van der Waals surface area contributed by atoms with E-state index in [1.807, 2.05) is 11.7 Å². The Labute approximate surface area is 111 Å². The Kier molecular flexibility index (Phi) is 3.30. The van der Waals surface area contributed by atoms with Crippen LogP contribution in [0.15, 0.2) is 6.20 Å². The molecule has 0 saturated heterocycles. The van der Waals surface area contributed by atoms with Crippen molar-refractivity contribution in [2.45, 2.75) is 53.0 Å². The van der Waals surface area contributed by atoms with Crippen LogP contribution in [-0.2, 0) is 19.0 Å². The van der Waals surface area contributed by atoms with E-state index in [1.165, 1.54) is 17.7 Å². The minimum atomic E-state index is 0.122. The Morgan fingerprint density at radius 2 is 2.06 bits per heavy atom. The maximum absolute atomic E-state index is 4.60. The van der Waals surface area contributed by atoms with Gasteiger partial charge in [0, 0.05) is 30.8 Å². The van der Waals surface area contributed by atoms with E-state index in [-0.39, 0.29) is 5.41 Å². The molecule has 0 radical (unpaired) electrons. The number of hydrogen-bond acceptors (Lipinski definition) is 2. The summed E-state index contributed by atoms with van der Waals surface area (Å²) in [4.78, 5) is 0. The second kappa shape index (κ2) is 4.37. The van der Waals surface area contributed by atoms with E-state index in [1.54, 1.807) is 0 Å². The molecule has 3 heteroatoms. The van der Waals surface area contributed by atoms with E-state index in [4.69, 9.17) is 0 Å². The summed E-state index contributed by atoms with van der Waals surface area (Å²) in [6.07, 6.45) is 3.50. The van der Waals surface area contributed by atoms with Crippen molar-refractivity contribution in [2.75, 3.05) is 6.54 Å². The van der Waals surface area contributed by atoms with Crippen LogP contribution in [-0.4, -0.2) is 16.3 Å². The van der Waals surface area contributed by atoms with Crippen LogP contribution in [0.25, 0.3) is 0 Å². The highest BCUT2D eigenvalue weighted by molar-refractivity contribution is 5.23. The third-order valence-electron chi connectivity index (χ3n) is 4.04. The maximum atomic E-state index is 4.60. The molecule has 1 aliphatic rings. The minimum Gasteiger partial charge on any atom is -0.312 e. The van der Waals surface area contributed by atoms with Gasteiger partial charge in [-0.05, 0) is 24.3 Å². The van der Waals surface area contributed by atoms with E-state index in [0.29, 0.717) is 5.41 Å². The molecule has 102 valence electrons. The third-order valence-corrected chi connectivity index (χ3v) is 4.04. The van der Waals surface area contributed by atoms with E-state index >= 15 is 0 Å². The van der Waals surface area contributed by atoms with Crippen molar-refractivity contribution in [3.63, 3.8) is 0 Å². The summed E-state index contributed by atoms with van der Waals surface area (Å²) in [6.45, 7) is 13.4. The van der Waals surface area contributed by atoms with Gasteiger partial charge >= 0.3 is 0 Å². The Morgan fingerprint density at radius 1 is 1.44 bits per heavy atom. The summed E-state index contributed by atoms with van der Waals surface area (Å²) < 4.78 is 1.93. The van der Waals surface area contributed by atoms with Crippen molar-refractivity contribution in [1.29, 1.82) is 0 Å². The Morgan fingerprint density at radius 3 is 2.56 bits per heavy atom.